The smallest absolute Gasteiger partial charge is 0.286 e. The van der Waals surface area contributed by atoms with Crippen LogP contribution in [-0.4, -0.2) is 15.9 Å². The highest BCUT2D eigenvalue weighted by Gasteiger charge is 2.10. The van der Waals surface area contributed by atoms with Crippen LogP contribution in [0.3, 0.4) is 0 Å². The average Bonchev–Trinajstić information content (AvgIpc) is 2.32. The lowest BCUT2D eigenvalue weighted by Gasteiger charge is -2.03. The fourth-order valence-electron chi connectivity index (χ4n) is 1.32. The van der Waals surface area contributed by atoms with E-state index < -0.39 is 11.7 Å². The molecule has 6 heteroatoms. The molecule has 0 atom stereocenters. The summed E-state index contributed by atoms with van der Waals surface area (Å²) < 4.78 is 13.6. The molecule has 2 N–H and O–H groups in total. The van der Waals surface area contributed by atoms with Crippen molar-refractivity contribution in [1.29, 1.82) is 0 Å². The van der Waals surface area contributed by atoms with Crippen molar-refractivity contribution in [3.8, 4) is 11.3 Å². The maximum atomic E-state index is 13.6. The quantitative estimate of drug-likeness (QED) is 0.888. The van der Waals surface area contributed by atoms with Gasteiger partial charge in [-0.1, -0.05) is 11.6 Å². The first-order chi connectivity index (χ1) is 8.08. The van der Waals surface area contributed by atoms with Gasteiger partial charge >= 0.3 is 0 Å². The maximum Gasteiger partial charge on any atom is 0.286 e. The maximum absolute atomic E-state index is 13.6. The number of hydrogen-bond donors (Lipinski definition) is 1. The minimum absolute atomic E-state index is 0.165. The molecular formula is C11H7ClFN3O. The second-order valence-electron chi connectivity index (χ2n) is 3.25. The lowest BCUT2D eigenvalue weighted by atomic mass is 10.1. The van der Waals surface area contributed by atoms with Crippen molar-refractivity contribution in [1.82, 2.24) is 9.97 Å². The van der Waals surface area contributed by atoms with Gasteiger partial charge < -0.3 is 5.73 Å². The molecular weight excluding hydrogens is 245 g/mol. The van der Waals surface area contributed by atoms with Gasteiger partial charge in [0.15, 0.2) is 0 Å². The minimum Gasteiger partial charge on any atom is -0.363 e. The number of carbonyl (C=O) groups excluding carboxylic acids is 1. The summed E-state index contributed by atoms with van der Waals surface area (Å²) in [4.78, 5) is 18.4. The van der Waals surface area contributed by atoms with Crippen LogP contribution in [0.2, 0.25) is 5.02 Å². The van der Waals surface area contributed by atoms with Crippen molar-refractivity contribution < 1.29 is 9.18 Å². The SMILES string of the molecule is NC(=O)c1nccc(-c2cc(Cl)ccc2F)n1. The molecule has 0 radical (unpaired) electrons. The Morgan fingerprint density at radius 1 is 1.35 bits per heavy atom. The Balaban J connectivity index is 2.56. The fraction of sp³-hybridized carbons (Fsp3) is 0. The number of aromatic nitrogens is 2. The topological polar surface area (TPSA) is 68.9 Å². The summed E-state index contributed by atoms with van der Waals surface area (Å²) in [5.74, 6) is -1.42. The third kappa shape index (κ3) is 2.39. The van der Waals surface area contributed by atoms with Gasteiger partial charge in [0.1, 0.15) is 5.82 Å². The zero-order valence-corrected chi connectivity index (χ0v) is 9.28. The number of hydrogen-bond acceptors (Lipinski definition) is 3. The molecule has 2 rings (SSSR count). The van der Waals surface area contributed by atoms with Crippen LogP contribution in [0.4, 0.5) is 4.39 Å². The average molecular weight is 252 g/mol. The molecule has 0 aliphatic carbocycles. The molecule has 0 aliphatic heterocycles. The highest BCUT2D eigenvalue weighted by atomic mass is 35.5. The fourth-order valence-corrected chi connectivity index (χ4v) is 1.49. The molecule has 0 aliphatic rings. The van der Waals surface area contributed by atoms with E-state index in [1.807, 2.05) is 0 Å². The van der Waals surface area contributed by atoms with Crippen molar-refractivity contribution in [2.24, 2.45) is 5.73 Å². The molecule has 17 heavy (non-hydrogen) atoms. The van der Waals surface area contributed by atoms with Crippen molar-refractivity contribution in [3.63, 3.8) is 0 Å². The molecule has 86 valence electrons. The first kappa shape index (κ1) is 11.5. The third-order valence-corrected chi connectivity index (χ3v) is 2.32. The molecule has 2 aromatic rings. The lowest BCUT2D eigenvalue weighted by molar-refractivity contribution is 0.0990. The Morgan fingerprint density at radius 2 is 2.12 bits per heavy atom. The first-order valence-electron chi connectivity index (χ1n) is 4.66. The van der Waals surface area contributed by atoms with Crippen molar-refractivity contribution in [3.05, 3.63) is 47.1 Å². The number of nitrogens with zero attached hydrogens (tertiary/aromatic N) is 2. The predicted molar refractivity (Wildman–Crippen MR) is 61.0 cm³/mol. The normalized spacial score (nSPS) is 10.2. The number of nitrogens with two attached hydrogens (primary N) is 1. The molecule has 1 aromatic heterocycles. The number of primary amides is 1. The summed E-state index contributed by atoms with van der Waals surface area (Å²) in [5.41, 5.74) is 5.50. The molecule has 0 unspecified atom stereocenters. The van der Waals surface area contributed by atoms with E-state index >= 15 is 0 Å². The molecule has 0 fully saturated rings. The summed E-state index contributed by atoms with van der Waals surface area (Å²) in [6.45, 7) is 0. The molecule has 1 aromatic carbocycles. The third-order valence-electron chi connectivity index (χ3n) is 2.08. The van der Waals surface area contributed by atoms with E-state index in [0.29, 0.717) is 5.02 Å². The highest BCUT2D eigenvalue weighted by Crippen LogP contribution is 2.24. The van der Waals surface area contributed by atoms with Crippen LogP contribution in [-0.2, 0) is 0 Å². The molecule has 1 amide bonds. The molecule has 0 saturated carbocycles. The van der Waals surface area contributed by atoms with Gasteiger partial charge in [0.25, 0.3) is 5.91 Å². The van der Waals surface area contributed by atoms with Gasteiger partial charge in [-0.15, -0.1) is 0 Å². The Labute approximate surface area is 101 Å². The van der Waals surface area contributed by atoms with E-state index in [0.717, 1.165) is 0 Å². The first-order valence-corrected chi connectivity index (χ1v) is 5.04. The van der Waals surface area contributed by atoms with Gasteiger partial charge in [-0.3, -0.25) is 4.79 Å². The number of carbonyl (C=O) groups is 1. The van der Waals surface area contributed by atoms with Crippen LogP contribution in [0, 0.1) is 5.82 Å². The van der Waals surface area contributed by atoms with Gasteiger partial charge in [0, 0.05) is 16.8 Å². The largest absolute Gasteiger partial charge is 0.363 e. The van der Waals surface area contributed by atoms with Crippen LogP contribution in [0.15, 0.2) is 30.5 Å². The highest BCUT2D eigenvalue weighted by molar-refractivity contribution is 6.30. The van der Waals surface area contributed by atoms with Gasteiger partial charge in [-0.25, -0.2) is 14.4 Å². The van der Waals surface area contributed by atoms with Crippen LogP contribution in [0.25, 0.3) is 11.3 Å². The van der Waals surface area contributed by atoms with Gasteiger partial charge in [-0.05, 0) is 24.3 Å². The van der Waals surface area contributed by atoms with Crippen LogP contribution in [0.5, 0.6) is 0 Å². The predicted octanol–water partition coefficient (Wildman–Crippen LogP) is 2.03. The standard InChI is InChI=1S/C11H7ClFN3O/c12-6-1-2-8(13)7(5-6)9-3-4-15-11(16-9)10(14)17/h1-5H,(H2,14,17). The Bertz CT molecular complexity index is 589. The zero-order valence-electron chi connectivity index (χ0n) is 8.52. The van der Waals surface area contributed by atoms with Gasteiger partial charge in [0.2, 0.25) is 5.82 Å². The van der Waals surface area contributed by atoms with E-state index in [-0.39, 0.29) is 17.1 Å². The zero-order chi connectivity index (χ0) is 12.4. The van der Waals surface area contributed by atoms with E-state index in [1.165, 1.54) is 30.5 Å². The van der Waals surface area contributed by atoms with Crippen LogP contribution >= 0.6 is 11.6 Å². The number of halogens is 2. The monoisotopic (exact) mass is 251 g/mol. The Morgan fingerprint density at radius 3 is 2.82 bits per heavy atom. The Kier molecular flexibility index (Phi) is 3.01. The van der Waals surface area contributed by atoms with Crippen LogP contribution < -0.4 is 5.73 Å². The summed E-state index contributed by atoms with van der Waals surface area (Å²) >= 11 is 5.77. The van der Waals surface area contributed by atoms with Gasteiger partial charge in [0.05, 0.1) is 5.69 Å². The van der Waals surface area contributed by atoms with Crippen molar-refractivity contribution in [2.45, 2.75) is 0 Å². The van der Waals surface area contributed by atoms with E-state index in [9.17, 15) is 9.18 Å². The summed E-state index contributed by atoms with van der Waals surface area (Å²) in [6.07, 6.45) is 1.34. The van der Waals surface area contributed by atoms with Crippen LogP contribution in [0.1, 0.15) is 10.6 Å². The summed E-state index contributed by atoms with van der Waals surface area (Å²) in [5, 5.41) is 0.376. The van der Waals surface area contributed by atoms with Gasteiger partial charge in [-0.2, -0.15) is 0 Å². The molecule has 0 bridgehead atoms. The number of amides is 1. The Hall–Kier alpha value is -2.01. The second-order valence-corrected chi connectivity index (χ2v) is 3.69. The van der Waals surface area contributed by atoms with E-state index in [4.69, 9.17) is 17.3 Å². The summed E-state index contributed by atoms with van der Waals surface area (Å²) in [6, 6.07) is 5.55. The summed E-state index contributed by atoms with van der Waals surface area (Å²) in [7, 11) is 0. The molecule has 1 heterocycles. The second kappa shape index (κ2) is 4.47. The molecule has 4 nitrogen and oxygen atoms in total. The molecule has 0 saturated heterocycles. The van der Waals surface area contributed by atoms with Crippen molar-refractivity contribution in [2.75, 3.05) is 0 Å². The minimum atomic E-state index is -0.769. The molecule has 0 spiro atoms. The van der Waals surface area contributed by atoms with E-state index in [1.54, 1.807) is 0 Å². The lowest BCUT2D eigenvalue weighted by Crippen LogP contribution is -2.15. The number of rotatable bonds is 2. The van der Waals surface area contributed by atoms with E-state index in [2.05, 4.69) is 9.97 Å². The number of benzene rings is 1. The van der Waals surface area contributed by atoms with Crippen molar-refractivity contribution >= 4 is 17.5 Å².